The number of fused-ring (bicyclic) bond motifs is 2. The fourth-order valence-electron chi connectivity index (χ4n) is 5.45. The van der Waals surface area contributed by atoms with Crippen LogP contribution in [-0.4, -0.2) is 82.7 Å². The predicted molar refractivity (Wildman–Crippen MR) is 130 cm³/mol. The molecule has 3 aliphatic rings. The van der Waals surface area contributed by atoms with Crippen molar-refractivity contribution in [2.45, 2.75) is 70.4 Å². The van der Waals surface area contributed by atoms with Crippen molar-refractivity contribution in [1.82, 2.24) is 15.0 Å². The van der Waals surface area contributed by atoms with E-state index >= 15 is 0 Å². The Morgan fingerprint density at radius 2 is 1.97 bits per heavy atom. The maximum Gasteiger partial charge on any atom is 0.322 e. The number of hydrogen-bond acceptors (Lipinski definition) is 7. The van der Waals surface area contributed by atoms with Gasteiger partial charge < -0.3 is 34.2 Å². The van der Waals surface area contributed by atoms with E-state index in [0.29, 0.717) is 49.5 Å². The molecular formula is C26H34N4O6. The molecular weight excluding hydrogens is 464 g/mol. The van der Waals surface area contributed by atoms with Crippen molar-refractivity contribution in [3.63, 3.8) is 0 Å². The number of nitrogens with zero attached hydrogens (tertiary/aromatic N) is 3. The standard InChI is InChI=1S/C26H34N4O6/c1-16-25(17(2)36-28-16)27-26(33)30-13-20(31)14-34-15-23-22(30)8-7-21(35-23)11-24(32)29-10-9-18-5-3-4-6-19(18)12-29/h3-6,20-23,31H,7-15H2,1-2H3,(H,27,33)/t20-,21+,22-,23+/m1/s1. The minimum absolute atomic E-state index is 0.0862. The van der Waals surface area contributed by atoms with Gasteiger partial charge in [0.15, 0.2) is 5.76 Å². The molecule has 5 rings (SSSR count). The highest BCUT2D eigenvalue weighted by molar-refractivity contribution is 5.90. The molecule has 1 aromatic heterocycles. The van der Waals surface area contributed by atoms with Crippen molar-refractivity contribution in [1.29, 1.82) is 0 Å². The fraction of sp³-hybridized carbons (Fsp3) is 0.577. The van der Waals surface area contributed by atoms with E-state index in [4.69, 9.17) is 14.0 Å². The van der Waals surface area contributed by atoms with Crippen molar-refractivity contribution in [2.75, 3.05) is 31.6 Å². The molecule has 3 aliphatic heterocycles. The first kappa shape index (κ1) is 24.7. The van der Waals surface area contributed by atoms with Gasteiger partial charge in [0.2, 0.25) is 5.91 Å². The molecule has 0 unspecified atom stereocenters. The van der Waals surface area contributed by atoms with Crippen LogP contribution in [0.1, 0.15) is 41.8 Å². The first-order valence-electron chi connectivity index (χ1n) is 12.7. The van der Waals surface area contributed by atoms with E-state index in [1.165, 1.54) is 11.1 Å². The van der Waals surface area contributed by atoms with Crippen molar-refractivity contribution in [3.8, 4) is 0 Å². The number of urea groups is 1. The zero-order chi connectivity index (χ0) is 25.2. The average Bonchev–Trinajstić information content (AvgIpc) is 3.18. The number of benzene rings is 1. The number of aliphatic hydroxyl groups is 1. The van der Waals surface area contributed by atoms with Gasteiger partial charge >= 0.3 is 6.03 Å². The van der Waals surface area contributed by atoms with Crippen LogP contribution in [0.3, 0.4) is 0 Å². The molecule has 2 saturated heterocycles. The van der Waals surface area contributed by atoms with Gasteiger partial charge in [-0.15, -0.1) is 0 Å². The molecule has 0 bridgehead atoms. The Morgan fingerprint density at radius 3 is 2.75 bits per heavy atom. The van der Waals surface area contributed by atoms with Gasteiger partial charge in [0, 0.05) is 13.1 Å². The third-order valence-corrected chi connectivity index (χ3v) is 7.39. The van der Waals surface area contributed by atoms with E-state index in [0.717, 1.165) is 6.42 Å². The second-order valence-corrected chi connectivity index (χ2v) is 9.95. The minimum Gasteiger partial charge on any atom is -0.389 e. The van der Waals surface area contributed by atoms with Crippen LogP contribution < -0.4 is 5.32 Å². The lowest BCUT2D eigenvalue weighted by atomic mass is 9.94. The second-order valence-electron chi connectivity index (χ2n) is 9.95. The molecule has 194 valence electrons. The van der Waals surface area contributed by atoms with Gasteiger partial charge in [-0.2, -0.15) is 0 Å². The Morgan fingerprint density at radius 1 is 1.17 bits per heavy atom. The molecule has 4 heterocycles. The van der Waals surface area contributed by atoms with Gasteiger partial charge in [-0.05, 0) is 44.2 Å². The van der Waals surface area contributed by atoms with Crippen LogP contribution in [0, 0.1) is 13.8 Å². The number of carbonyl (C=O) groups is 2. The van der Waals surface area contributed by atoms with Gasteiger partial charge in [-0.3, -0.25) is 4.79 Å². The molecule has 10 nitrogen and oxygen atoms in total. The summed E-state index contributed by atoms with van der Waals surface area (Å²) in [5.74, 6) is 0.607. The quantitative estimate of drug-likeness (QED) is 0.667. The Hall–Kier alpha value is -2.95. The molecule has 10 heteroatoms. The number of β-amino-alcohol motifs (C(OH)–C–C–N with tert-alkyl or cyclic N) is 1. The normalized spacial score (nSPS) is 26.4. The number of carbonyl (C=O) groups excluding carboxylic acids is 2. The van der Waals surface area contributed by atoms with E-state index in [2.05, 4.69) is 22.6 Å². The van der Waals surface area contributed by atoms with E-state index in [1.807, 2.05) is 17.0 Å². The molecule has 2 fully saturated rings. The lowest BCUT2D eigenvalue weighted by Gasteiger charge is -2.44. The summed E-state index contributed by atoms with van der Waals surface area (Å²) in [7, 11) is 0. The van der Waals surface area contributed by atoms with Crippen molar-refractivity contribution >= 4 is 17.6 Å². The average molecular weight is 499 g/mol. The molecule has 36 heavy (non-hydrogen) atoms. The largest absolute Gasteiger partial charge is 0.389 e. The Bertz CT molecular complexity index is 1080. The third-order valence-electron chi connectivity index (χ3n) is 7.39. The molecule has 1 aromatic carbocycles. The van der Waals surface area contributed by atoms with Crippen molar-refractivity contribution < 1.29 is 28.7 Å². The minimum atomic E-state index is -0.803. The van der Waals surface area contributed by atoms with Gasteiger partial charge in [0.1, 0.15) is 17.5 Å². The van der Waals surface area contributed by atoms with Crippen LogP contribution in [0.25, 0.3) is 0 Å². The van der Waals surface area contributed by atoms with Crippen molar-refractivity contribution in [2.24, 2.45) is 0 Å². The molecule has 3 amide bonds. The Labute approximate surface area is 210 Å². The Kier molecular flexibility index (Phi) is 7.27. The van der Waals surface area contributed by atoms with E-state index in [9.17, 15) is 14.7 Å². The number of rotatable bonds is 3. The highest BCUT2D eigenvalue weighted by Crippen LogP contribution is 2.30. The predicted octanol–water partition coefficient (Wildman–Crippen LogP) is 2.41. The van der Waals surface area contributed by atoms with Gasteiger partial charge in [-0.25, -0.2) is 4.79 Å². The lowest BCUT2D eigenvalue weighted by Crippen LogP contribution is -2.58. The van der Waals surface area contributed by atoms with Crippen LogP contribution in [0.5, 0.6) is 0 Å². The van der Waals surface area contributed by atoms with Gasteiger partial charge in [0.25, 0.3) is 0 Å². The summed E-state index contributed by atoms with van der Waals surface area (Å²) < 4.78 is 17.2. The SMILES string of the molecule is Cc1noc(C)c1NC(=O)N1C[C@@H](O)COC[C@@H]2O[C@H](CC(=O)N3CCc4ccccc4C3)CC[C@H]21. The maximum atomic E-state index is 13.3. The number of aromatic nitrogens is 1. The van der Waals surface area contributed by atoms with Crippen LogP contribution in [-0.2, 0) is 27.2 Å². The first-order valence-corrected chi connectivity index (χ1v) is 12.7. The van der Waals surface area contributed by atoms with Crippen LogP contribution in [0.4, 0.5) is 10.5 Å². The number of nitrogens with one attached hydrogen (secondary N) is 1. The summed E-state index contributed by atoms with van der Waals surface area (Å²) >= 11 is 0. The number of anilines is 1. The zero-order valence-corrected chi connectivity index (χ0v) is 20.8. The van der Waals surface area contributed by atoms with Crippen LogP contribution in [0.2, 0.25) is 0 Å². The maximum absolute atomic E-state index is 13.3. The van der Waals surface area contributed by atoms with E-state index < -0.39 is 6.10 Å². The summed E-state index contributed by atoms with van der Waals surface area (Å²) in [5, 5.41) is 17.2. The smallest absolute Gasteiger partial charge is 0.322 e. The number of aliphatic hydroxyl groups excluding tert-OH is 1. The van der Waals surface area contributed by atoms with Gasteiger partial charge in [0.05, 0.1) is 44.4 Å². The molecule has 0 aliphatic carbocycles. The van der Waals surface area contributed by atoms with E-state index in [-0.39, 0.29) is 49.9 Å². The molecule has 2 N–H and O–H groups in total. The zero-order valence-electron chi connectivity index (χ0n) is 20.8. The monoisotopic (exact) mass is 498 g/mol. The second kappa shape index (κ2) is 10.6. The fourth-order valence-corrected chi connectivity index (χ4v) is 5.45. The summed E-state index contributed by atoms with van der Waals surface area (Å²) in [6.45, 7) is 5.32. The summed E-state index contributed by atoms with van der Waals surface area (Å²) in [6, 6.07) is 7.63. The van der Waals surface area contributed by atoms with Crippen LogP contribution in [0.15, 0.2) is 28.8 Å². The highest BCUT2D eigenvalue weighted by Gasteiger charge is 2.40. The number of aryl methyl sites for hydroxylation is 2. The third kappa shape index (κ3) is 5.25. The molecule has 0 radical (unpaired) electrons. The summed E-state index contributed by atoms with van der Waals surface area (Å²) in [6.07, 6.45) is 1.03. The molecule has 4 atom stereocenters. The number of ether oxygens (including phenoxy) is 2. The van der Waals surface area contributed by atoms with Crippen LogP contribution >= 0.6 is 0 Å². The molecule has 2 aromatic rings. The molecule has 0 spiro atoms. The highest BCUT2D eigenvalue weighted by atomic mass is 16.5. The molecule has 0 saturated carbocycles. The number of amides is 3. The van der Waals surface area contributed by atoms with E-state index in [1.54, 1.807) is 18.7 Å². The summed E-state index contributed by atoms with van der Waals surface area (Å²) in [5.41, 5.74) is 3.63. The topological polar surface area (TPSA) is 117 Å². The lowest BCUT2D eigenvalue weighted by molar-refractivity contribution is -0.154. The van der Waals surface area contributed by atoms with Crippen molar-refractivity contribution in [3.05, 3.63) is 46.8 Å². The Balaban J connectivity index is 1.23. The van der Waals surface area contributed by atoms with Gasteiger partial charge in [-0.1, -0.05) is 29.4 Å². The first-order chi connectivity index (χ1) is 17.4. The summed E-state index contributed by atoms with van der Waals surface area (Å²) in [4.78, 5) is 29.9. The number of hydrogen-bond donors (Lipinski definition) is 2.